The molecule has 188 valence electrons. The van der Waals surface area contributed by atoms with Gasteiger partial charge in [-0.15, -0.1) is 0 Å². The highest BCUT2D eigenvalue weighted by Gasteiger charge is 2.17. The van der Waals surface area contributed by atoms with E-state index in [0.29, 0.717) is 43.0 Å². The van der Waals surface area contributed by atoms with Crippen molar-refractivity contribution in [2.24, 2.45) is 0 Å². The van der Waals surface area contributed by atoms with Crippen LogP contribution in [0.15, 0.2) is 36.9 Å². The van der Waals surface area contributed by atoms with Gasteiger partial charge in [0.05, 0.1) is 12.9 Å². The molecule has 0 atom stereocenters. The van der Waals surface area contributed by atoms with Crippen molar-refractivity contribution in [1.29, 1.82) is 0 Å². The van der Waals surface area contributed by atoms with E-state index in [-0.39, 0.29) is 5.91 Å². The zero-order valence-electron chi connectivity index (χ0n) is 20.3. The Labute approximate surface area is 208 Å². The summed E-state index contributed by atoms with van der Waals surface area (Å²) < 4.78 is 5.86. The summed E-state index contributed by atoms with van der Waals surface area (Å²) in [5, 5.41) is 9.73. The molecule has 5 N–H and O–H groups in total. The van der Waals surface area contributed by atoms with Gasteiger partial charge < -0.3 is 30.7 Å². The highest BCUT2D eigenvalue weighted by Crippen LogP contribution is 2.28. The van der Waals surface area contributed by atoms with E-state index in [0.717, 1.165) is 41.2 Å². The lowest BCUT2D eigenvalue weighted by atomic mass is 9.95. The van der Waals surface area contributed by atoms with Crippen molar-refractivity contribution < 1.29 is 9.53 Å². The number of anilines is 3. The van der Waals surface area contributed by atoms with Crippen LogP contribution in [-0.4, -0.2) is 55.0 Å². The molecule has 11 nitrogen and oxygen atoms in total. The fourth-order valence-corrected chi connectivity index (χ4v) is 4.36. The Bertz CT molecular complexity index is 1300. The number of imidazole rings is 2. The summed E-state index contributed by atoms with van der Waals surface area (Å²) >= 11 is 0. The third-order valence-corrected chi connectivity index (χ3v) is 6.26. The number of amides is 1. The molecule has 0 radical (unpaired) electrons. The normalized spacial score (nSPS) is 14.0. The summed E-state index contributed by atoms with van der Waals surface area (Å²) in [6.07, 6.45) is 11.6. The molecule has 36 heavy (non-hydrogen) atoms. The monoisotopic (exact) mass is 489 g/mol. The van der Waals surface area contributed by atoms with Crippen LogP contribution in [0.2, 0.25) is 0 Å². The lowest BCUT2D eigenvalue weighted by molar-refractivity contribution is 0.0942. The summed E-state index contributed by atoms with van der Waals surface area (Å²) in [6.45, 7) is 3.00. The van der Waals surface area contributed by atoms with Crippen LogP contribution in [0, 0.1) is 6.92 Å². The van der Waals surface area contributed by atoms with Crippen LogP contribution in [0.3, 0.4) is 0 Å². The maximum absolute atomic E-state index is 11.9. The van der Waals surface area contributed by atoms with E-state index >= 15 is 0 Å². The summed E-state index contributed by atoms with van der Waals surface area (Å²) in [4.78, 5) is 35.4. The first-order valence-corrected chi connectivity index (χ1v) is 12.4. The van der Waals surface area contributed by atoms with Crippen LogP contribution in [0.5, 0.6) is 5.75 Å². The number of hydrogen-bond donors (Lipinski definition) is 5. The number of carbonyl (C=O) groups excluding carboxylic acids is 1. The lowest BCUT2D eigenvalue weighted by Crippen LogP contribution is -2.26. The van der Waals surface area contributed by atoms with Crippen LogP contribution in [0.4, 0.5) is 17.5 Å². The molecule has 1 aliphatic carbocycles. The van der Waals surface area contributed by atoms with Crippen molar-refractivity contribution in [2.75, 3.05) is 23.8 Å². The molecule has 0 bridgehead atoms. The van der Waals surface area contributed by atoms with E-state index in [1.54, 1.807) is 18.7 Å². The van der Waals surface area contributed by atoms with Gasteiger partial charge in [-0.2, -0.15) is 9.97 Å². The van der Waals surface area contributed by atoms with Crippen molar-refractivity contribution >= 4 is 34.5 Å². The van der Waals surface area contributed by atoms with E-state index in [2.05, 4.69) is 40.9 Å². The Morgan fingerprint density at radius 1 is 1.14 bits per heavy atom. The average molecular weight is 490 g/mol. The SMILES string of the molecule is Cc1cc(OCCCNC(=O)c2ncc[nH]2)ccc1Nc1nc(NC2CCCCC2)c2nc[nH]c2n1. The Kier molecular flexibility index (Phi) is 7.25. The summed E-state index contributed by atoms with van der Waals surface area (Å²) in [5.41, 5.74) is 3.36. The van der Waals surface area contributed by atoms with Gasteiger partial charge in [0.1, 0.15) is 11.3 Å². The molecule has 4 aromatic rings. The van der Waals surface area contributed by atoms with Crippen LogP contribution in [-0.2, 0) is 0 Å². The maximum Gasteiger partial charge on any atom is 0.287 e. The fraction of sp³-hybridized carbons (Fsp3) is 0.400. The molecule has 1 amide bonds. The predicted octanol–water partition coefficient (Wildman–Crippen LogP) is 4.07. The van der Waals surface area contributed by atoms with Crippen molar-refractivity contribution in [1.82, 2.24) is 35.2 Å². The Balaban J connectivity index is 1.17. The number of H-pyrrole nitrogens is 2. The maximum atomic E-state index is 11.9. The number of aryl methyl sites for hydroxylation is 1. The molecule has 0 aliphatic heterocycles. The first-order chi connectivity index (χ1) is 17.7. The molecule has 1 aromatic carbocycles. The standard InChI is InChI=1S/C25H31N9O2/c1-16-14-18(36-13-5-10-28-24(35)23-26-11-12-27-23)8-9-19(16)32-25-33-21-20(29-15-30-21)22(34-25)31-17-6-3-2-4-7-17/h8-9,11-12,14-15,17H,2-7,10,13H2,1H3,(H,26,27)(H,28,35)(H3,29,30,31,32,33,34). The molecule has 1 fully saturated rings. The van der Waals surface area contributed by atoms with Gasteiger partial charge in [0.2, 0.25) is 5.95 Å². The Morgan fingerprint density at radius 2 is 2.03 bits per heavy atom. The Hall–Kier alpha value is -4.15. The largest absolute Gasteiger partial charge is 0.494 e. The number of carbonyl (C=O) groups is 1. The van der Waals surface area contributed by atoms with Gasteiger partial charge >= 0.3 is 0 Å². The smallest absolute Gasteiger partial charge is 0.287 e. The number of rotatable bonds is 10. The van der Waals surface area contributed by atoms with Gasteiger partial charge in [-0.3, -0.25) is 4.79 Å². The molecule has 3 aromatic heterocycles. The van der Waals surface area contributed by atoms with Gasteiger partial charge in [-0.1, -0.05) is 19.3 Å². The first-order valence-electron chi connectivity index (χ1n) is 12.4. The minimum absolute atomic E-state index is 0.223. The second-order valence-corrected chi connectivity index (χ2v) is 8.97. The number of benzene rings is 1. The van der Waals surface area contributed by atoms with Gasteiger partial charge in [0.15, 0.2) is 17.3 Å². The first kappa shape index (κ1) is 23.6. The molecule has 5 rings (SSSR count). The van der Waals surface area contributed by atoms with E-state index in [9.17, 15) is 4.79 Å². The van der Waals surface area contributed by atoms with Crippen molar-refractivity contribution in [3.63, 3.8) is 0 Å². The topological polar surface area (TPSA) is 146 Å². The third kappa shape index (κ3) is 5.73. The van der Waals surface area contributed by atoms with Gasteiger partial charge in [0, 0.05) is 30.7 Å². The second kappa shape index (κ2) is 11.1. The van der Waals surface area contributed by atoms with Crippen molar-refractivity contribution in [3.05, 3.63) is 48.3 Å². The van der Waals surface area contributed by atoms with Crippen LogP contribution in [0.1, 0.15) is 54.7 Å². The minimum atomic E-state index is -0.223. The van der Waals surface area contributed by atoms with Gasteiger partial charge in [0.25, 0.3) is 5.91 Å². The zero-order valence-corrected chi connectivity index (χ0v) is 20.3. The number of ether oxygens (including phenoxy) is 1. The molecule has 1 saturated carbocycles. The van der Waals surface area contributed by atoms with Crippen molar-refractivity contribution in [2.45, 2.75) is 51.5 Å². The fourth-order valence-electron chi connectivity index (χ4n) is 4.36. The zero-order chi connectivity index (χ0) is 24.7. The van der Waals surface area contributed by atoms with E-state index in [4.69, 9.17) is 9.72 Å². The van der Waals surface area contributed by atoms with Crippen LogP contribution >= 0.6 is 0 Å². The number of fused-ring (bicyclic) bond motifs is 1. The van der Waals surface area contributed by atoms with Crippen LogP contribution in [0.25, 0.3) is 11.2 Å². The number of nitrogens with one attached hydrogen (secondary N) is 5. The summed E-state index contributed by atoms with van der Waals surface area (Å²) in [5.74, 6) is 2.11. The number of nitrogens with zero attached hydrogens (tertiary/aromatic N) is 4. The predicted molar refractivity (Wildman–Crippen MR) is 138 cm³/mol. The van der Waals surface area contributed by atoms with Crippen molar-refractivity contribution in [3.8, 4) is 5.75 Å². The number of hydrogen-bond acceptors (Lipinski definition) is 8. The second-order valence-electron chi connectivity index (χ2n) is 8.97. The quantitative estimate of drug-likeness (QED) is 0.210. The molecule has 0 saturated heterocycles. The molecule has 0 unspecified atom stereocenters. The van der Waals surface area contributed by atoms with E-state index < -0.39 is 0 Å². The molecule has 1 aliphatic rings. The lowest BCUT2D eigenvalue weighted by Gasteiger charge is -2.23. The van der Waals surface area contributed by atoms with Gasteiger partial charge in [-0.25, -0.2) is 9.97 Å². The number of aromatic nitrogens is 6. The molecule has 11 heteroatoms. The minimum Gasteiger partial charge on any atom is -0.494 e. The van der Waals surface area contributed by atoms with E-state index in [1.165, 1.54) is 19.3 Å². The number of aromatic amines is 2. The summed E-state index contributed by atoms with van der Waals surface area (Å²) in [6, 6.07) is 6.25. The average Bonchev–Trinajstić information content (AvgIpc) is 3.59. The molecular formula is C25H31N9O2. The van der Waals surface area contributed by atoms with E-state index in [1.807, 2.05) is 25.1 Å². The highest BCUT2D eigenvalue weighted by molar-refractivity contribution is 5.90. The Morgan fingerprint density at radius 3 is 2.83 bits per heavy atom. The summed E-state index contributed by atoms with van der Waals surface area (Å²) in [7, 11) is 0. The highest BCUT2D eigenvalue weighted by atomic mass is 16.5. The molecule has 3 heterocycles. The van der Waals surface area contributed by atoms with Crippen LogP contribution < -0.4 is 20.7 Å². The third-order valence-electron chi connectivity index (χ3n) is 6.26. The van der Waals surface area contributed by atoms with Gasteiger partial charge in [-0.05, 0) is 49.9 Å². The molecule has 0 spiro atoms. The molecular weight excluding hydrogens is 458 g/mol.